The van der Waals surface area contributed by atoms with Crippen molar-refractivity contribution in [1.82, 2.24) is 29.3 Å². The van der Waals surface area contributed by atoms with E-state index in [1.807, 2.05) is 30.2 Å². The lowest BCUT2D eigenvalue weighted by molar-refractivity contribution is 0.362. The summed E-state index contributed by atoms with van der Waals surface area (Å²) in [4.78, 5) is 13.6. The predicted molar refractivity (Wildman–Crippen MR) is 116 cm³/mol. The number of aromatic nitrogens is 6. The van der Waals surface area contributed by atoms with Gasteiger partial charge in [-0.3, -0.25) is 9.67 Å². The van der Waals surface area contributed by atoms with E-state index in [0.717, 1.165) is 28.0 Å². The standard InChI is InChI=1S/C22H25N7O/c1-28-14-16(12-25-28)19-10-15-11-24-22(26-18-8-9-23-13-20(18)30-2)27-21(15)29(19)17-6-4-3-5-7-17/h8-14,17H,3-7H2,1-2H3,(H,23,24,26,27). The molecule has 8 heteroatoms. The van der Waals surface area contributed by atoms with E-state index in [2.05, 4.69) is 37.2 Å². The minimum Gasteiger partial charge on any atom is -0.493 e. The molecule has 0 bridgehead atoms. The summed E-state index contributed by atoms with van der Waals surface area (Å²) in [5, 5.41) is 8.69. The maximum Gasteiger partial charge on any atom is 0.229 e. The molecule has 0 spiro atoms. The molecule has 30 heavy (non-hydrogen) atoms. The third-order valence-corrected chi connectivity index (χ3v) is 5.77. The molecule has 0 unspecified atom stereocenters. The molecular formula is C22H25N7O. The van der Waals surface area contributed by atoms with Crippen molar-refractivity contribution in [3.05, 3.63) is 43.1 Å². The van der Waals surface area contributed by atoms with Crippen LogP contribution in [0.5, 0.6) is 5.75 Å². The van der Waals surface area contributed by atoms with Crippen LogP contribution in [0.1, 0.15) is 38.1 Å². The Morgan fingerprint density at radius 3 is 2.77 bits per heavy atom. The van der Waals surface area contributed by atoms with Crippen molar-refractivity contribution in [2.24, 2.45) is 7.05 Å². The second-order valence-corrected chi connectivity index (χ2v) is 7.77. The van der Waals surface area contributed by atoms with E-state index in [1.165, 1.54) is 32.1 Å². The van der Waals surface area contributed by atoms with Crippen molar-refractivity contribution in [3.63, 3.8) is 0 Å². The van der Waals surface area contributed by atoms with Crippen molar-refractivity contribution in [3.8, 4) is 17.0 Å². The van der Waals surface area contributed by atoms with Gasteiger partial charge in [0.2, 0.25) is 5.95 Å². The van der Waals surface area contributed by atoms with Crippen molar-refractivity contribution < 1.29 is 4.74 Å². The summed E-state index contributed by atoms with van der Waals surface area (Å²) < 4.78 is 9.62. The SMILES string of the molecule is COc1cnccc1Nc1ncc2cc(-c3cnn(C)c3)n(C3CCCCC3)c2n1. The highest BCUT2D eigenvalue weighted by Crippen LogP contribution is 2.37. The lowest BCUT2D eigenvalue weighted by atomic mass is 9.95. The first-order valence-corrected chi connectivity index (χ1v) is 10.3. The van der Waals surface area contributed by atoms with Gasteiger partial charge in [-0.05, 0) is 25.0 Å². The van der Waals surface area contributed by atoms with Crippen LogP contribution in [0.3, 0.4) is 0 Å². The number of methoxy groups -OCH3 is 1. The van der Waals surface area contributed by atoms with Crippen LogP contribution in [0.25, 0.3) is 22.3 Å². The van der Waals surface area contributed by atoms with E-state index in [-0.39, 0.29) is 0 Å². The van der Waals surface area contributed by atoms with Gasteiger partial charge in [0.05, 0.1) is 30.9 Å². The summed E-state index contributed by atoms with van der Waals surface area (Å²) >= 11 is 0. The monoisotopic (exact) mass is 403 g/mol. The van der Waals surface area contributed by atoms with E-state index < -0.39 is 0 Å². The quantitative estimate of drug-likeness (QED) is 0.529. The Labute approximate surface area is 174 Å². The maximum absolute atomic E-state index is 5.39. The molecule has 1 N–H and O–H groups in total. The fraction of sp³-hybridized carbons (Fsp3) is 0.364. The Morgan fingerprint density at radius 1 is 1.13 bits per heavy atom. The number of rotatable bonds is 5. The van der Waals surface area contributed by atoms with Crippen molar-refractivity contribution in [2.45, 2.75) is 38.1 Å². The largest absolute Gasteiger partial charge is 0.493 e. The maximum atomic E-state index is 5.39. The zero-order valence-corrected chi connectivity index (χ0v) is 17.2. The number of ether oxygens (including phenoxy) is 1. The molecule has 1 aliphatic carbocycles. The van der Waals surface area contributed by atoms with E-state index in [1.54, 1.807) is 19.5 Å². The summed E-state index contributed by atoms with van der Waals surface area (Å²) in [7, 11) is 3.57. The van der Waals surface area contributed by atoms with Crippen LogP contribution >= 0.6 is 0 Å². The van der Waals surface area contributed by atoms with Gasteiger partial charge in [0.15, 0.2) is 5.75 Å². The highest BCUT2D eigenvalue weighted by Gasteiger charge is 2.23. The van der Waals surface area contributed by atoms with Crippen molar-refractivity contribution in [2.75, 3.05) is 12.4 Å². The van der Waals surface area contributed by atoms with Crippen LogP contribution in [-0.4, -0.2) is 36.4 Å². The van der Waals surface area contributed by atoms with Crippen LogP contribution in [0.4, 0.5) is 11.6 Å². The minimum atomic E-state index is 0.435. The summed E-state index contributed by atoms with van der Waals surface area (Å²) in [6.07, 6.45) is 15.4. The van der Waals surface area contributed by atoms with E-state index in [4.69, 9.17) is 9.72 Å². The van der Waals surface area contributed by atoms with Crippen molar-refractivity contribution in [1.29, 1.82) is 0 Å². The summed E-state index contributed by atoms with van der Waals surface area (Å²) in [5.41, 5.74) is 3.99. The Hall–Kier alpha value is -3.42. The molecular weight excluding hydrogens is 378 g/mol. The normalized spacial score (nSPS) is 14.9. The number of aryl methyl sites for hydroxylation is 1. The molecule has 5 rings (SSSR count). The van der Waals surface area contributed by atoms with Gasteiger partial charge in [0.1, 0.15) is 5.65 Å². The molecule has 0 amide bonds. The average molecular weight is 403 g/mol. The van der Waals surface area contributed by atoms with Gasteiger partial charge in [-0.25, -0.2) is 4.98 Å². The lowest BCUT2D eigenvalue weighted by Gasteiger charge is -2.25. The molecule has 1 saturated carbocycles. The van der Waals surface area contributed by atoms with Gasteiger partial charge in [-0.15, -0.1) is 0 Å². The average Bonchev–Trinajstić information content (AvgIpc) is 3.38. The molecule has 154 valence electrons. The topological polar surface area (TPSA) is 82.7 Å². The lowest BCUT2D eigenvalue weighted by Crippen LogP contribution is -2.14. The summed E-state index contributed by atoms with van der Waals surface area (Å²) in [6, 6.07) is 4.47. The van der Waals surface area contributed by atoms with Crippen LogP contribution in [0.2, 0.25) is 0 Å². The molecule has 0 saturated heterocycles. The fourth-order valence-corrected chi connectivity index (χ4v) is 4.32. The molecule has 8 nitrogen and oxygen atoms in total. The van der Waals surface area contributed by atoms with Gasteiger partial charge < -0.3 is 14.6 Å². The molecule has 4 heterocycles. The highest BCUT2D eigenvalue weighted by atomic mass is 16.5. The van der Waals surface area contributed by atoms with Gasteiger partial charge in [0, 0.05) is 42.6 Å². The van der Waals surface area contributed by atoms with Crippen LogP contribution in [0, 0.1) is 0 Å². The first-order valence-electron chi connectivity index (χ1n) is 10.3. The number of hydrogen-bond donors (Lipinski definition) is 1. The third-order valence-electron chi connectivity index (χ3n) is 5.77. The molecule has 1 aliphatic rings. The summed E-state index contributed by atoms with van der Waals surface area (Å²) in [5.74, 6) is 1.19. The van der Waals surface area contributed by atoms with Gasteiger partial charge in [-0.2, -0.15) is 10.1 Å². The first-order chi connectivity index (χ1) is 14.7. The number of anilines is 2. The van der Waals surface area contributed by atoms with Crippen LogP contribution in [0.15, 0.2) is 43.1 Å². The zero-order valence-electron chi connectivity index (χ0n) is 17.2. The predicted octanol–water partition coefficient (Wildman–Crippen LogP) is 4.48. The number of hydrogen-bond acceptors (Lipinski definition) is 6. The smallest absolute Gasteiger partial charge is 0.229 e. The van der Waals surface area contributed by atoms with Gasteiger partial charge >= 0.3 is 0 Å². The number of nitrogens with one attached hydrogen (secondary N) is 1. The zero-order chi connectivity index (χ0) is 20.5. The molecule has 4 aromatic rings. The Bertz CT molecular complexity index is 1170. The van der Waals surface area contributed by atoms with Gasteiger partial charge in [0.25, 0.3) is 0 Å². The molecule has 0 aromatic carbocycles. The second kappa shape index (κ2) is 7.78. The van der Waals surface area contributed by atoms with Crippen molar-refractivity contribution >= 4 is 22.7 Å². The molecule has 0 radical (unpaired) electrons. The van der Waals surface area contributed by atoms with Crippen LogP contribution in [-0.2, 0) is 7.05 Å². The molecule has 0 aliphatic heterocycles. The highest BCUT2D eigenvalue weighted by molar-refractivity contribution is 5.84. The Kier molecular flexibility index (Phi) is 4.82. The van der Waals surface area contributed by atoms with E-state index >= 15 is 0 Å². The second-order valence-electron chi connectivity index (χ2n) is 7.77. The third kappa shape index (κ3) is 3.38. The number of fused-ring (bicyclic) bond motifs is 1. The van der Waals surface area contributed by atoms with Crippen LogP contribution < -0.4 is 10.1 Å². The summed E-state index contributed by atoms with van der Waals surface area (Å²) in [6.45, 7) is 0. The van der Waals surface area contributed by atoms with Gasteiger partial charge in [-0.1, -0.05) is 19.3 Å². The number of nitrogens with zero attached hydrogens (tertiary/aromatic N) is 6. The minimum absolute atomic E-state index is 0.435. The molecule has 1 fully saturated rings. The molecule has 4 aromatic heterocycles. The number of pyridine rings is 1. The fourth-order valence-electron chi connectivity index (χ4n) is 4.32. The Balaban J connectivity index is 1.61. The Morgan fingerprint density at radius 2 is 2.00 bits per heavy atom. The van der Waals surface area contributed by atoms with E-state index in [0.29, 0.717) is 17.7 Å². The molecule has 0 atom stereocenters. The van der Waals surface area contributed by atoms with E-state index in [9.17, 15) is 0 Å². The first kappa shape index (κ1) is 18.6.